The van der Waals surface area contributed by atoms with Crippen LogP contribution >= 0.6 is 11.3 Å². The molecule has 6 heterocycles. The Hall–Kier alpha value is -2.03. The van der Waals surface area contributed by atoms with E-state index >= 15 is 0 Å². The molecule has 0 radical (unpaired) electrons. The second kappa shape index (κ2) is 7.00. The number of ether oxygens (including phenoxy) is 1. The van der Waals surface area contributed by atoms with E-state index < -0.39 is 0 Å². The van der Waals surface area contributed by atoms with Crippen LogP contribution in [0.4, 0.5) is 5.82 Å². The van der Waals surface area contributed by atoms with Gasteiger partial charge in [0.25, 0.3) is 0 Å². The summed E-state index contributed by atoms with van der Waals surface area (Å²) in [6, 6.07) is 3.19. The first-order valence-electron chi connectivity index (χ1n) is 11.0. The molecule has 7 nitrogen and oxygen atoms in total. The van der Waals surface area contributed by atoms with Gasteiger partial charge >= 0.3 is 0 Å². The van der Waals surface area contributed by atoms with Crippen LogP contribution in [-0.2, 0) is 21.6 Å². The van der Waals surface area contributed by atoms with Crippen molar-refractivity contribution in [3.63, 3.8) is 0 Å². The Morgan fingerprint density at radius 1 is 1.27 bits per heavy atom. The van der Waals surface area contributed by atoms with Crippen molar-refractivity contribution in [3.8, 4) is 10.6 Å². The average Bonchev–Trinajstić information content (AvgIpc) is 3.51. The standard InChI is InChI=1S/C22H27N5O2S/c23-20-12-24-17(11-25-20)19-10-15-18(30-19)3-8-29-22(15)4-6-27(7-5-22)21(28)14-9-13-1-2-16(14)26-13/h10-14,16,26H,1-9H2,(H2,23,25)/t13-,14+,16+/m1/s1. The quantitative estimate of drug-likeness (QED) is 0.767. The number of piperidine rings is 1. The summed E-state index contributed by atoms with van der Waals surface area (Å²) < 4.78 is 6.40. The van der Waals surface area contributed by atoms with E-state index in [4.69, 9.17) is 10.5 Å². The summed E-state index contributed by atoms with van der Waals surface area (Å²) >= 11 is 1.79. The van der Waals surface area contributed by atoms with Gasteiger partial charge in [0.15, 0.2) is 0 Å². The highest BCUT2D eigenvalue weighted by Gasteiger charge is 2.47. The molecule has 1 spiro atoms. The number of fused-ring (bicyclic) bond motifs is 4. The molecule has 0 unspecified atom stereocenters. The third-order valence-electron chi connectivity index (χ3n) is 7.43. The second-order valence-corrected chi connectivity index (χ2v) is 10.2. The number of aromatic nitrogens is 2. The number of hydrogen-bond donors (Lipinski definition) is 2. The highest BCUT2D eigenvalue weighted by atomic mass is 32.1. The lowest BCUT2D eigenvalue weighted by Crippen LogP contribution is -2.50. The number of rotatable bonds is 2. The Morgan fingerprint density at radius 3 is 2.83 bits per heavy atom. The number of hydrogen-bond acceptors (Lipinski definition) is 7. The average molecular weight is 426 g/mol. The van der Waals surface area contributed by atoms with E-state index in [1.807, 2.05) is 0 Å². The van der Waals surface area contributed by atoms with Crippen LogP contribution in [0.3, 0.4) is 0 Å². The SMILES string of the molecule is Nc1cnc(-c2cc3c(s2)CCOC32CCN(C(=O)[C@H]3C[C@H]4CC[C@@H]3N4)CC2)cn1. The smallest absolute Gasteiger partial charge is 0.227 e. The van der Waals surface area contributed by atoms with Gasteiger partial charge in [-0.05, 0) is 43.7 Å². The molecule has 2 aromatic rings. The summed E-state index contributed by atoms with van der Waals surface area (Å²) in [5.41, 5.74) is 7.57. The van der Waals surface area contributed by atoms with Crippen LogP contribution < -0.4 is 11.1 Å². The molecule has 4 aliphatic rings. The van der Waals surface area contributed by atoms with Gasteiger partial charge in [0.2, 0.25) is 5.91 Å². The van der Waals surface area contributed by atoms with Crippen molar-refractivity contribution in [2.24, 2.45) is 5.92 Å². The predicted molar refractivity (Wildman–Crippen MR) is 115 cm³/mol. The zero-order valence-electron chi connectivity index (χ0n) is 17.0. The maximum Gasteiger partial charge on any atom is 0.227 e. The number of thiophene rings is 1. The lowest BCUT2D eigenvalue weighted by molar-refractivity contribution is -0.145. The van der Waals surface area contributed by atoms with E-state index in [9.17, 15) is 4.79 Å². The van der Waals surface area contributed by atoms with Crippen LogP contribution in [0.5, 0.6) is 0 Å². The van der Waals surface area contributed by atoms with E-state index in [-0.39, 0.29) is 11.5 Å². The molecule has 6 rings (SSSR count). The van der Waals surface area contributed by atoms with Gasteiger partial charge in [-0.3, -0.25) is 4.79 Å². The first-order chi connectivity index (χ1) is 14.6. The number of nitrogen functional groups attached to an aromatic ring is 1. The highest BCUT2D eigenvalue weighted by Crippen LogP contribution is 2.47. The van der Waals surface area contributed by atoms with Crippen molar-refractivity contribution >= 4 is 23.1 Å². The number of anilines is 1. The molecule has 3 saturated heterocycles. The van der Waals surface area contributed by atoms with E-state index in [1.165, 1.54) is 16.9 Å². The summed E-state index contributed by atoms with van der Waals surface area (Å²) in [7, 11) is 0. The number of nitrogens with two attached hydrogens (primary N) is 1. The molecule has 1 amide bonds. The molecule has 0 aromatic carbocycles. The molecule has 0 aliphatic carbocycles. The van der Waals surface area contributed by atoms with Crippen LogP contribution in [0.25, 0.3) is 10.6 Å². The summed E-state index contributed by atoms with van der Waals surface area (Å²) in [5, 5.41) is 3.60. The van der Waals surface area contributed by atoms with Crippen molar-refractivity contribution in [1.29, 1.82) is 0 Å². The van der Waals surface area contributed by atoms with Crippen molar-refractivity contribution < 1.29 is 9.53 Å². The molecule has 158 valence electrons. The Kier molecular flexibility index (Phi) is 4.37. The van der Waals surface area contributed by atoms with Crippen LogP contribution in [0.1, 0.15) is 42.5 Å². The number of nitrogens with one attached hydrogen (secondary N) is 1. The van der Waals surface area contributed by atoms with Crippen molar-refractivity contribution in [2.75, 3.05) is 25.4 Å². The molecule has 0 saturated carbocycles. The van der Waals surface area contributed by atoms with E-state index in [0.29, 0.717) is 23.8 Å². The Labute approximate surface area is 180 Å². The molecular weight excluding hydrogens is 398 g/mol. The Bertz CT molecular complexity index is 966. The van der Waals surface area contributed by atoms with Gasteiger partial charge in [-0.15, -0.1) is 11.3 Å². The third kappa shape index (κ3) is 2.96. The summed E-state index contributed by atoms with van der Waals surface area (Å²) in [5.74, 6) is 0.962. The molecule has 8 heteroatoms. The van der Waals surface area contributed by atoms with Gasteiger partial charge in [-0.25, -0.2) is 9.97 Å². The first-order valence-corrected chi connectivity index (χ1v) is 11.8. The topological polar surface area (TPSA) is 93.4 Å². The number of carbonyl (C=O) groups is 1. The summed E-state index contributed by atoms with van der Waals surface area (Å²) in [6.45, 7) is 2.29. The van der Waals surface area contributed by atoms with Crippen molar-refractivity contribution in [3.05, 3.63) is 28.9 Å². The number of amides is 1. The van der Waals surface area contributed by atoms with Gasteiger partial charge in [0, 0.05) is 36.5 Å². The van der Waals surface area contributed by atoms with Crippen molar-refractivity contribution in [1.82, 2.24) is 20.2 Å². The van der Waals surface area contributed by atoms with Gasteiger partial charge < -0.3 is 20.7 Å². The predicted octanol–water partition coefficient (Wildman–Crippen LogP) is 2.32. The van der Waals surface area contributed by atoms with Crippen LogP contribution in [0.15, 0.2) is 18.5 Å². The van der Waals surface area contributed by atoms with E-state index in [0.717, 1.165) is 62.4 Å². The van der Waals surface area contributed by atoms with Gasteiger partial charge in [0.05, 0.1) is 41.1 Å². The fourth-order valence-corrected chi connectivity index (χ4v) is 7.03. The molecule has 2 aromatic heterocycles. The van der Waals surface area contributed by atoms with Gasteiger partial charge in [-0.1, -0.05) is 0 Å². The second-order valence-electron chi connectivity index (χ2n) is 9.08. The molecule has 4 aliphatic heterocycles. The number of carbonyl (C=O) groups excluding carboxylic acids is 1. The molecule has 3 N–H and O–H groups in total. The lowest BCUT2D eigenvalue weighted by atomic mass is 9.81. The van der Waals surface area contributed by atoms with E-state index in [1.54, 1.807) is 23.7 Å². The number of likely N-dealkylation sites (tertiary alicyclic amines) is 1. The highest BCUT2D eigenvalue weighted by molar-refractivity contribution is 7.15. The van der Waals surface area contributed by atoms with Crippen LogP contribution in [-0.4, -0.2) is 52.6 Å². The Balaban J connectivity index is 1.21. The number of nitrogens with zero attached hydrogens (tertiary/aromatic N) is 3. The minimum Gasteiger partial charge on any atom is -0.382 e. The third-order valence-corrected chi connectivity index (χ3v) is 8.65. The molecular formula is C22H27N5O2S. The minimum absolute atomic E-state index is 0.178. The normalized spacial score (nSPS) is 29.3. The fraction of sp³-hybridized carbons (Fsp3) is 0.591. The monoisotopic (exact) mass is 425 g/mol. The molecule has 2 bridgehead atoms. The molecule has 3 fully saturated rings. The van der Waals surface area contributed by atoms with Gasteiger partial charge in [0.1, 0.15) is 5.82 Å². The Morgan fingerprint density at radius 2 is 2.13 bits per heavy atom. The zero-order chi connectivity index (χ0) is 20.3. The van der Waals surface area contributed by atoms with Crippen LogP contribution in [0.2, 0.25) is 0 Å². The lowest BCUT2D eigenvalue weighted by Gasteiger charge is -2.44. The maximum atomic E-state index is 13.1. The van der Waals surface area contributed by atoms with Crippen molar-refractivity contribution in [2.45, 2.75) is 56.2 Å². The van der Waals surface area contributed by atoms with Gasteiger partial charge in [-0.2, -0.15) is 0 Å². The van der Waals surface area contributed by atoms with E-state index in [2.05, 4.69) is 26.3 Å². The summed E-state index contributed by atoms with van der Waals surface area (Å²) in [6.07, 6.45) is 9.41. The fourth-order valence-electron chi connectivity index (χ4n) is 5.84. The zero-order valence-corrected chi connectivity index (χ0v) is 17.8. The molecule has 30 heavy (non-hydrogen) atoms. The molecule has 3 atom stereocenters. The van der Waals surface area contributed by atoms with Crippen LogP contribution in [0, 0.1) is 5.92 Å². The largest absolute Gasteiger partial charge is 0.382 e. The minimum atomic E-state index is -0.271. The summed E-state index contributed by atoms with van der Waals surface area (Å²) in [4.78, 5) is 26.4. The first kappa shape index (κ1) is 18.7. The maximum absolute atomic E-state index is 13.1.